The Morgan fingerprint density at radius 1 is 1.29 bits per heavy atom. The maximum absolute atomic E-state index is 12.0. The van der Waals surface area contributed by atoms with Gasteiger partial charge in [0.05, 0.1) is 6.61 Å². The number of rotatable bonds is 7. The molecule has 21 heavy (non-hydrogen) atoms. The first-order chi connectivity index (χ1) is 9.83. The quantitative estimate of drug-likeness (QED) is 0.805. The van der Waals surface area contributed by atoms with Gasteiger partial charge in [0.15, 0.2) is 0 Å². The van der Waals surface area contributed by atoms with E-state index in [1.54, 1.807) is 13.0 Å². The summed E-state index contributed by atoms with van der Waals surface area (Å²) in [6.07, 6.45) is 1.45. The smallest absolute Gasteiger partial charge is 0.241 e. The summed E-state index contributed by atoms with van der Waals surface area (Å²) in [6.45, 7) is 5.93. The molecular weight excluding hydrogens is 292 g/mol. The first kappa shape index (κ1) is 17.5. The minimum absolute atomic E-state index is 0.102. The van der Waals surface area contributed by atoms with E-state index in [-0.39, 0.29) is 22.5 Å². The van der Waals surface area contributed by atoms with E-state index in [9.17, 15) is 13.2 Å². The Morgan fingerprint density at radius 3 is 2.38 bits per heavy atom. The molecule has 0 radical (unpaired) electrons. The average molecular weight is 314 g/mol. The Bertz CT molecular complexity index is 595. The first-order valence-electron chi connectivity index (χ1n) is 6.93. The Kier molecular flexibility index (Phi) is 6.17. The lowest BCUT2D eigenvalue weighted by Crippen LogP contribution is -2.22. The molecule has 1 amide bonds. The number of carbonyl (C=O) groups is 1. The van der Waals surface area contributed by atoms with Crippen LogP contribution < -0.4 is 15.2 Å². The second-order valence-corrected chi connectivity index (χ2v) is 6.17. The second kappa shape index (κ2) is 7.42. The predicted molar refractivity (Wildman–Crippen MR) is 81.7 cm³/mol. The van der Waals surface area contributed by atoms with Crippen molar-refractivity contribution in [1.29, 1.82) is 0 Å². The highest BCUT2D eigenvalue weighted by atomic mass is 32.2. The number of hydrogen-bond donors (Lipinski definition) is 2. The third-order valence-corrected chi connectivity index (χ3v) is 4.11. The van der Waals surface area contributed by atoms with Crippen molar-refractivity contribution in [3.8, 4) is 5.75 Å². The van der Waals surface area contributed by atoms with Crippen LogP contribution >= 0.6 is 0 Å². The molecule has 0 aliphatic carbocycles. The van der Waals surface area contributed by atoms with Crippen molar-refractivity contribution >= 4 is 21.6 Å². The summed E-state index contributed by atoms with van der Waals surface area (Å²) < 4.78 is 28.4. The number of sulfonamides is 1. The molecule has 3 N–H and O–H groups in total. The summed E-state index contributed by atoms with van der Waals surface area (Å²) in [7, 11) is -3.92. The van der Waals surface area contributed by atoms with Gasteiger partial charge in [0.2, 0.25) is 15.9 Å². The number of amides is 1. The molecule has 0 saturated carbocycles. The molecular formula is C14H22N2O4S. The zero-order chi connectivity index (χ0) is 16.0. The maximum Gasteiger partial charge on any atom is 0.241 e. The predicted octanol–water partition coefficient (Wildman–Crippen LogP) is 2.11. The highest BCUT2D eigenvalue weighted by molar-refractivity contribution is 7.89. The number of primary sulfonamides is 1. The molecule has 0 atom stereocenters. The van der Waals surface area contributed by atoms with Crippen LogP contribution in [0.15, 0.2) is 23.1 Å². The Balaban J connectivity index is 3.09. The number of carbonyl (C=O) groups excluding carboxylic acids is 1. The molecule has 0 aliphatic rings. The highest BCUT2D eigenvalue weighted by Gasteiger charge is 2.18. The minimum Gasteiger partial charge on any atom is -0.492 e. The lowest BCUT2D eigenvalue weighted by Gasteiger charge is -2.14. The summed E-state index contributed by atoms with van der Waals surface area (Å²) in [5.74, 6) is -0.0560. The molecule has 1 aromatic carbocycles. The highest BCUT2D eigenvalue weighted by Crippen LogP contribution is 2.27. The third-order valence-electron chi connectivity index (χ3n) is 3.17. The van der Waals surface area contributed by atoms with Crippen molar-refractivity contribution in [1.82, 2.24) is 0 Å². The monoisotopic (exact) mass is 314 g/mol. The Labute approximate surface area is 125 Å². The lowest BCUT2D eigenvalue weighted by atomic mass is 10.0. The molecule has 118 valence electrons. The van der Waals surface area contributed by atoms with Crippen LogP contribution in [-0.2, 0) is 14.8 Å². The largest absolute Gasteiger partial charge is 0.492 e. The van der Waals surface area contributed by atoms with Crippen LogP contribution in [0.2, 0.25) is 0 Å². The van der Waals surface area contributed by atoms with Gasteiger partial charge in [-0.15, -0.1) is 0 Å². The molecule has 0 heterocycles. The number of anilines is 1. The van der Waals surface area contributed by atoms with Crippen LogP contribution in [0.5, 0.6) is 5.75 Å². The van der Waals surface area contributed by atoms with Crippen LogP contribution in [0.3, 0.4) is 0 Å². The molecule has 6 nitrogen and oxygen atoms in total. The van der Waals surface area contributed by atoms with Crippen molar-refractivity contribution in [2.24, 2.45) is 11.1 Å². The fourth-order valence-corrected chi connectivity index (χ4v) is 2.69. The van der Waals surface area contributed by atoms with Crippen molar-refractivity contribution < 1.29 is 17.9 Å². The van der Waals surface area contributed by atoms with E-state index in [1.807, 2.05) is 13.8 Å². The number of ether oxygens (including phenoxy) is 1. The third kappa shape index (κ3) is 4.71. The zero-order valence-electron chi connectivity index (χ0n) is 12.5. The summed E-state index contributed by atoms with van der Waals surface area (Å²) in [5.41, 5.74) is 0.388. The van der Waals surface area contributed by atoms with E-state index in [1.165, 1.54) is 12.1 Å². The van der Waals surface area contributed by atoms with E-state index >= 15 is 0 Å². The molecule has 0 aromatic heterocycles. The molecule has 0 saturated heterocycles. The van der Waals surface area contributed by atoms with E-state index in [0.717, 1.165) is 12.8 Å². The van der Waals surface area contributed by atoms with E-state index in [0.29, 0.717) is 12.3 Å². The van der Waals surface area contributed by atoms with Crippen LogP contribution in [0.4, 0.5) is 5.69 Å². The summed E-state index contributed by atoms with van der Waals surface area (Å²) in [5, 5.41) is 7.89. The SMILES string of the molecule is CCOc1ccc(NC(=O)C(CC)CC)cc1S(N)(=O)=O. The summed E-state index contributed by atoms with van der Waals surface area (Å²) >= 11 is 0. The average Bonchev–Trinajstić information content (AvgIpc) is 2.41. The molecule has 0 unspecified atom stereocenters. The minimum atomic E-state index is -3.92. The van der Waals surface area contributed by atoms with Gasteiger partial charge in [0, 0.05) is 11.6 Å². The number of nitrogens with two attached hydrogens (primary N) is 1. The van der Waals surface area contributed by atoms with Crippen molar-refractivity contribution in [2.75, 3.05) is 11.9 Å². The van der Waals surface area contributed by atoms with Gasteiger partial charge < -0.3 is 10.1 Å². The topological polar surface area (TPSA) is 98.5 Å². The lowest BCUT2D eigenvalue weighted by molar-refractivity contribution is -0.120. The van der Waals surface area contributed by atoms with E-state index < -0.39 is 10.0 Å². The second-order valence-electron chi connectivity index (χ2n) is 4.64. The van der Waals surface area contributed by atoms with Gasteiger partial charge in [-0.05, 0) is 38.0 Å². The van der Waals surface area contributed by atoms with Crippen molar-refractivity contribution in [3.05, 3.63) is 18.2 Å². The van der Waals surface area contributed by atoms with E-state index in [2.05, 4.69) is 5.32 Å². The normalized spacial score (nSPS) is 11.5. The van der Waals surface area contributed by atoms with Gasteiger partial charge in [-0.25, -0.2) is 13.6 Å². The molecule has 7 heteroatoms. The van der Waals surface area contributed by atoms with Crippen LogP contribution in [0, 0.1) is 5.92 Å². The number of benzene rings is 1. The van der Waals surface area contributed by atoms with Gasteiger partial charge in [-0.1, -0.05) is 13.8 Å². The summed E-state index contributed by atoms with van der Waals surface area (Å²) in [4.78, 5) is 11.9. The maximum atomic E-state index is 12.0. The van der Waals surface area contributed by atoms with E-state index in [4.69, 9.17) is 9.88 Å². The van der Waals surface area contributed by atoms with Gasteiger partial charge in [0.1, 0.15) is 10.6 Å². The van der Waals surface area contributed by atoms with Gasteiger partial charge in [-0.2, -0.15) is 0 Å². The van der Waals surface area contributed by atoms with Crippen molar-refractivity contribution in [3.63, 3.8) is 0 Å². The first-order valence-corrected chi connectivity index (χ1v) is 8.48. The molecule has 0 spiro atoms. The van der Waals surface area contributed by atoms with Gasteiger partial charge >= 0.3 is 0 Å². The molecule has 0 aliphatic heterocycles. The number of hydrogen-bond acceptors (Lipinski definition) is 4. The standard InChI is InChI=1S/C14H22N2O4S/c1-4-10(5-2)14(17)16-11-7-8-12(20-6-3)13(9-11)21(15,18)19/h7-10H,4-6H2,1-3H3,(H,16,17)(H2,15,18,19). The van der Waals surface area contributed by atoms with Gasteiger partial charge in [-0.3, -0.25) is 4.79 Å². The molecule has 0 bridgehead atoms. The number of nitrogens with one attached hydrogen (secondary N) is 1. The Morgan fingerprint density at radius 2 is 1.90 bits per heavy atom. The summed E-state index contributed by atoms with van der Waals surface area (Å²) in [6, 6.07) is 4.41. The fraction of sp³-hybridized carbons (Fsp3) is 0.500. The van der Waals surface area contributed by atoms with Crippen molar-refractivity contribution in [2.45, 2.75) is 38.5 Å². The van der Waals surface area contributed by atoms with Crippen LogP contribution in [0.25, 0.3) is 0 Å². The van der Waals surface area contributed by atoms with Gasteiger partial charge in [0.25, 0.3) is 0 Å². The van der Waals surface area contributed by atoms with Crippen LogP contribution in [0.1, 0.15) is 33.6 Å². The molecule has 1 rings (SSSR count). The molecule has 1 aromatic rings. The zero-order valence-corrected chi connectivity index (χ0v) is 13.4. The fourth-order valence-electron chi connectivity index (χ4n) is 1.99. The van der Waals surface area contributed by atoms with Crippen LogP contribution in [-0.4, -0.2) is 20.9 Å². The molecule has 0 fully saturated rings. The Hall–Kier alpha value is -1.60.